The summed E-state index contributed by atoms with van der Waals surface area (Å²) in [6.07, 6.45) is 1.01. The minimum absolute atomic E-state index is 0.0634. The van der Waals surface area contributed by atoms with Gasteiger partial charge in [0.25, 0.3) is 0 Å². The molecule has 0 radical (unpaired) electrons. The Labute approximate surface area is 121 Å². The number of unbranched alkanes of at least 4 members (excludes halogenated alkanes) is 1. The summed E-state index contributed by atoms with van der Waals surface area (Å²) in [7, 11) is -3.67. The standard InChI is InChI=1S/C13H27O6P/c1-12(2,3)18-20(16,19-13(4,5)6)17-10-8-7-9-11(14)15/h7-10H2,1-6H3,(H,14,15). The summed E-state index contributed by atoms with van der Waals surface area (Å²) in [6.45, 7) is 10.7. The van der Waals surface area contributed by atoms with Crippen LogP contribution in [0.25, 0.3) is 0 Å². The quantitative estimate of drug-likeness (QED) is 0.539. The van der Waals surface area contributed by atoms with E-state index in [0.717, 1.165) is 0 Å². The molecular weight excluding hydrogens is 283 g/mol. The second kappa shape index (κ2) is 7.55. The van der Waals surface area contributed by atoms with Gasteiger partial charge >= 0.3 is 13.8 Å². The van der Waals surface area contributed by atoms with Crippen LogP contribution in [0.2, 0.25) is 0 Å². The molecule has 120 valence electrons. The molecule has 0 aromatic carbocycles. The lowest BCUT2D eigenvalue weighted by Gasteiger charge is -2.30. The van der Waals surface area contributed by atoms with E-state index in [4.69, 9.17) is 18.7 Å². The number of phosphoric acid groups is 1. The maximum Gasteiger partial charge on any atom is 0.475 e. The van der Waals surface area contributed by atoms with Crippen LogP contribution in [0.5, 0.6) is 0 Å². The smallest absolute Gasteiger partial charge is 0.475 e. The highest BCUT2D eigenvalue weighted by Crippen LogP contribution is 2.55. The van der Waals surface area contributed by atoms with Crippen LogP contribution in [0.4, 0.5) is 0 Å². The fraction of sp³-hybridized carbons (Fsp3) is 0.923. The molecule has 0 spiro atoms. The summed E-state index contributed by atoms with van der Waals surface area (Å²) < 4.78 is 28.7. The molecule has 0 unspecified atom stereocenters. The summed E-state index contributed by atoms with van der Waals surface area (Å²) >= 11 is 0. The van der Waals surface area contributed by atoms with Crippen molar-refractivity contribution >= 4 is 13.8 Å². The Kier molecular flexibility index (Phi) is 7.39. The van der Waals surface area contributed by atoms with Crippen LogP contribution in [0.15, 0.2) is 0 Å². The van der Waals surface area contributed by atoms with Gasteiger partial charge in [-0.05, 0) is 54.4 Å². The lowest BCUT2D eigenvalue weighted by Crippen LogP contribution is -2.24. The van der Waals surface area contributed by atoms with Crippen molar-refractivity contribution in [2.75, 3.05) is 6.61 Å². The van der Waals surface area contributed by atoms with E-state index in [0.29, 0.717) is 12.8 Å². The first kappa shape index (κ1) is 19.6. The summed E-state index contributed by atoms with van der Waals surface area (Å²) in [5.74, 6) is -0.856. The number of rotatable bonds is 8. The second-order valence-corrected chi connectivity index (χ2v) is 8.06. The first-order valence-corrected chi connectivity index (χ1v) is 8.17. The fourth-order valence-electron chi connectivity index (χ4n) is 1.30. The van der Waals surface area contributed by atoms with Crippen molar-refractivity contribution < 1.29 is 28.0 Å². The van der Waals surface area contributed by atoms with Crippen molar-refractivity contribution in [3.63, 3.8) is 0 Å². The molecule has 0 amide bonds. The van der Waals surface area contributed by atoms with Crippen LogP contribution in [-0.4, -0.2) is 28.9 Å². The Balaban J connectivity index is 4.47. The topological polar surface area (TPSA) is 82.1 Å². The molecule has 0 saturated carbocycles. The average Bonchev–Trinajstić information content (AvgIpc) is 2.09. The third-order valence-electron chi connectivity index (χ3n) is 1.81. The molecule has 0 aliphatic carbocycles. The summed E-state index contributed by atoms with van der Waals surface area (Å²) in [4.78, 5) is 10.4. The predicted octanol–water partition coefficient (Wildman–Crippen LogP) is 4.00. The highest BCUT2D eigenvalue weighted by Gasteiger charge is 2.36. The van der Waals surface area contributed by atoms with E-state index in [2.05, 4.69) is 0 Å². The largest absolute Gasteiger partial charge is 0.481 e. The highest BCUT2D eigenvalue weighted by molar-refractivity contribution is 7.48. The monoisotopic (exact) mass is 310 g/mol. The molecule has 0 aromatic rings. The Hall–Kier alpha value is -0.420. The zero-order chi connectivity index (χ0) is 16.0. The number of hydrogen-bond donors (Lipinski definition) is 1. The Morgan fingerprint density at radius 3 is 1.80 bits per heavy atom. The van der Waals surface area contributed by atoms with Crippen LogP contribution < -0.4 is 0 Å². The summed E-state index contributed by atoms with van der Waals surface area (Å²) in [5, 5.41) is 8.53. The molecule has 20 heavy (non-hydrogen) atoms. The van der Waals surface area contributed by atoms with Gasteiger partial charge in [0.2, 0.25) is 0 Å². The van der Waals surface area contributed by atoms with Crippen LogP contribution in [0, 0.1) is 0 Å². The van der Waals surface area contributed by atoms with Crippen molar-refractivity contribution in [2.24, 2.45) is 0 Å². The SMILES string of the molecule is CC(C)(C)OP(=O)(OCCCCC(=O)O)OC(C)(C)C. The van der Waals surface area contributed by atoms with E-state index >= 15 is 0 Å². The van der Waals surface area contributed by atoms with Crippen LogP contribution in [0.1, 0.15) is 60.8 Å². The van der Waals surface area contributed by atoms with E-state index in [1.54, 1.807) is 41.5 Å². The molecule has 0 rings (SSSR count). The average molecular weight is 310 g/mol. The van der Waals surface area contributed by atoms with E-state index < -0.39 is 25.0 Å². The minimum atomic E-state index is -3.67. The molecule has 0 aliphatic heterocycles. The van der Waals surface area contributed by atoms with Crippen molar-refractivity contribution in [3.05, 3.63) is 0 Å². The van der Waals surface area contributed by atoms with Gasteiger partial charge in [0.15, 0.2) is 0 Å². The van der Waals surface area contributed by atoms with E-state index in [1.165, 1.54) is 0 Å². The van der Waals surface area contributed by atoms with Crippen molar-refractivity contribution in [1.29, 1.82) is 0 Å². The van der Waals surface area contributed by atoms with E-state index in [9.17, 15) is 9.36 Å². The maximum absolute atomic E-state index is 12.6. The molecule has 0 aromatic heterocycles. The lowest BCUT2D eigenvalue weighted by molar-refractivity contribution is -0.137. The van der Waals surface area contributed by atoms with Crippen LogP contribution in [0.3, 0.4) is 0 Å². The van der Waals surface area contributed by atoms with E-state index in [-0.39, 0.29) is 13.0 Å². The molecule has 1 N–H and O–H groups in total. The van der Waals surface area contributed by atoms with Gasteiger partial charge in [-0.15, -0.1) is 0 Å². The number of carboxylic acids is 1. The number of phosphoric ester groups is 1. The van der Waals surface area contributed by atoms with E-state index in [1.807, 2.05) is 0 Å². The van der Waals surface area contributed by atoms with Gasteiger partial charge in [-0.3, -0.25) is 18.4 Å². The normalized spacial score (nSPS) is 13.5. The van der Waals surface area contributed by atoms with Crippen molar-refractivity contribution in [2.45, 2.75) is 72.0 Å². The van der Waals surface area contributed by atoms with Gasteiger partial charge in [0.1, 0.15) is 0 Å². The Morgan fingerprint density at radius 1 is 1.00 bits per heavy atom. The number of carbonyl (C=O) groups is 1. The van der Waals surface area contributed by atoms with Gasteiger partial charge in [-0.2, -0.15) is 0 Å². The molecular formula is C13H27O6P. The maximum atomic E-state index is 12.6. The molecule has 0 aliphatic rings. The molecule has 0 fully saturated rings. The van der Waals surface area contributed by atoms with Gasteiger partial charge in [-0.25, -0.2) is 4.57 Å². The second-order valence-electron chi connectivity index (χ2n) is 6.54. The number of aliphatic carboxylic acids is 1. The van der Waals surface area contributed by atoms with Gasteiger partial charge < -0.3 is 5.11 Å². The molecule has 7 heteroatoms. The zero-order valence-corrected chi connectivity index (χ0v) is 14.2. The van der Waals surface area contributed by atoms with Gasteiger partial charge in [-0.1, -0.05) is 0 Å². The summed E-state index contributed by atoms with van der Waals surface area (Å²) in [6, 6.07) is 0. The fourth-order valence-corrected chi connectivity index (χ4v) is 3.13. The minimum Gasteiger partial charge on any atom is -0.481 e. The number of hydrogen-bond acceptors (Lipinski definition) is 5. The van der Waals surface area contributed by atoms with Crippen LogP contribution in [-0.2, 0) is 22.9 Å². The molecule has 6 nitrogen and oxygen atoms in total. The molecule has 0 saturated heterocycles. The first-order chi connectivity index (χ1) is 8.83. The van der Waals surface area contributed by atoms with Crippen molar-refractivity contribution in [1.82, 2.24) is 0 Å². The Bertz CT molecular complexity index is 333. The van der Waals surface area contributed by atoms with Crippen LogP contribution >= 0.6 is 7.82 Å². The van der Waals surface area contributed by atoms with Gasteiger partial charge in [0, 0.05) is 6.42 Å². The molecule has 0 heterocycles. The summed E-state index contributed by atoms with van der Waals surface area (Å²) in [5.41, 5.74) is -1.33. The first-order valence-electron chi connectivity index (χ1n) is 6.71. The van der Waals surface area contributed by atoms with Crippen molar-refractivity contribution in [3.8, 4) is 0 Å². The predicted molar refractivity (Wildman–Crippen MR) is 76.7 cm³/mol. The Morgan fingerprint density at radius 2 is 1.45 bits per heavy atom. The van der Waals surface area contributed by atoms with Gasteiger partial charge in [0.05, 0.1) is 17.8 Å². The third-order valence-corrected chi connectivity index (χ3v) is 3.85. The molecule has 0 atom stereocenters. The lowest BCUT2D eigenvalue weighted by atomic mass is 10.2. The third kappa shape index (κ3) is 11.4. The number of carboxylic acid groups (broad SMARTS) is 1. The molecule has 0 bridgehead atoms. The highest BCUT2D eigenvalue weighted by atomic mass is 31.2. The zero-order valence-electron chi connectivity index (χ0n) is 13.3.